The van der Waals surface area contributed by atoms with Crippen LogP contribution in [0.3, 0.4) is 0 Å². The minimum absolute atomic E-state index is 0.0204. The van der Waals surface area contributed by atoms with Gasteiger partial charge in [-0.15, -0.1) is 10.2 Å². The Labute approximate surface area is 155 Å². The van der Waals surface area contributed by atoms with Crippen molar-refractivity contribution >= 4 is 5.91 Å². The molecule has 0 aliphatic heterocycles. The quantitative estimate of drug-likeness (QED) is 0.782. The third-order valence-corrected chi connectivity index (χ3v) is 4.62. The molecule has 1 aromatic carbocycles. The first-order valence-corrected chi connectivity index (χ1v) is 9.16. The maximum Gasteiger partial charge on any atom is 0.249 e. The molecule has 0 bridgehead atoms. The fourth-order valence-corrected chi connectivity index (χ4v) is 2.71. The zero-order valence-electron chi connectivity index (χ0n) is 16.3. The number of nitrogens with zero attached hydrogens (tertiary/aromatic N) is 5. The number of tetrazole rings is 1. The fraction of sp³-hybridized carbons (Fsp3) is 0.579. The van der Waals surface area contributed by atoms with E-state index in [-0.39, 0.29) is 17.9 Å². The highest BCUT2D eigenvalue weighted by molar-refractivity contribution is 5.80. The molecular weight excluding hydrogens is 328 g/mol. The molecule has 0 aliphatic rings. The van der Waals surface area contributed by atoms with E-state index in [4.69, 9.17) is 5.73 Å². The molecular formula is C19H30N6O. The third kappa shape index (κ3) is 4.88. The summed E-state index contributed by atoms with van der Waals surface area (Å²) >= 11 is 0. The van der Waals surface area contributed by atoms with E-state index in [1.54, 1.807) is 11.9 Å². The molecule has 2 rings (SSSR count). The van der Waals surface area contributed by atoms with Crippen molar-refractivity contribution in [3.05, 3.63) is 30.3 Å². The summed E-state index contributed by atoms with van der Waals surface area (Å²) in [6, 6.07) is 9.22. The lowest BCUT2D eigenvalue weighted by Gasteiger charge is -2.26. The molecule has 142 valence electrons. The molecule has 1 amide bonds. The summed E-state index contributed by atoms with van der Waals surface area (Å²) in [7, 11) is 1.81. The molecule has 0 saturated carbocycles. The summed E-state index contributed by atoms with van der Waals surface area (Å²) in [5.74, 6) is 0.938. The van der Waals surface area contributed by atoms with Gasteiger partial charge in [-0.05, 0) is 23.5 Å². The average molecular weight is 358 g/mol. The number of benzene rings is 1. The highest BCUT2D eigenvalue weighted by Crippen LogP contribution is 2.21. The summed E-state index contributed by atoms with van der Waals surface area (Å²) < 4.78 is 0. The van der Waals surface area contributed by atoms with Crippen molar-refractivity contribution < 1.29 is 4.79 Å². The molecule has 0 fully saturated rings. The summed E-state index contributed by atoms with van der Waals surface area (Å²) in [4.78, 5) is 16.1. The number of hydrogen-bond acceptors (Lipinski definition) is 5. The molecule has 2 aromatic rings. The molecule has 1 heterocycles. The molecule has 1 aromatic heterocycles. The number of nitrogens with two attached hydrogens (primary N) is 1. The number of amides is 1. The Hall–Kier alpha value is -2.28. The van der Waals surface area contributed by atoms with E-state index >= 15 is 0 Å². The van der Waals surface area contributed by atoms with Crippen LogP contribution < -0.4 is 5.73 Å². The summed E-state index contributed by atoms with van der Waals surface area (Å²) in [6.45, 7) is 8.77. The zero-order chi connectivity index (χ0) is 19.3. The van der Waals surface area contributed by atoms with E-state index in [0.29, 0.717) is 18.3 Å². The van der Waals surface area contributed by atoms with Gasteiger partial charge >= 0.3 is 0 Å². The topological polar surface area (TPSA) is 89.9 Å². The fourth-order valence-electron chi connectivity index (χ4n) is 2.71. The van der Waals surface area contributed by atoms with Gasteiger partial charge in [0.1, 0.15) is 0 Å². The lowest BCUT2D eigenvalue weighted by molar-refractivity contribution is -0.135. The second-order valence-corrected chi connectivity index (χ2v) is 7.44. The van der Waals surface area contributed by atoms with Crippen LogP contribution in [-0.2, 0) is 4.79 Å². The van der Waals surface area contributed by atoms with Crippen molar-refractivity contribution in [2.75, 3.05) is 13.6 Å². The van der Waals surface area contributed by atoms with Gasteiger partial charge in [-0.2, -0.15) is 4.80 Å². The number of rotatable bonds is 8. The van der Waals surface area contributed by atoms with Crippen LogP contribution in [0.1, 0.15) is 40.2 Å². The van der Waals surface area contributed by atoms with E-state index in [2.05, 4.69) is 29.3 Å². The van der Waals surface area contributed by atoms with Crippen molar-refractivity contribution in [2.45, 2.75) is 46.2 Å². The smallest absolute Gasteiger partial charge is 0.249 e. The van der Waals surface area contributed by atoms with Crippen LogP contribution in [0.4, 0.5) is 0 Å². The van der Waals surface area contributed by atoms with Crippen LogP contribution in [0.25, 0.3) is 11.4 Å². The molecule has 0 aliphatic carbocycles. The normalized spacial score (nSPS) is 13.8. The molecule has 2 unspecified atom stereocenters. The molecule has 26 heavy (non-hydrogen) atoms. The predicted molar refractivity (Wildman–Crippen MR) is 102 cm³/mol. The third-order valence-electron chi connectivity index (χ3n) is 4.62. The van der Waals surface area contributed by atoms with Crippen LogP contribution in [0.15, 0.2) is 30.3 Å². The van der Waals surface area contributed by atoms with Crippen LogP contribution in [0, 0.1) is 11.8 Å². The Kier molecular flexibility index (Phi) is 6.85. The summed E-state index contributed by atoms with van der Waals surface area (Å²) in [5.41, 5.74) is 6.98. The van der Waals surface area contributed by atoms with Gasteiger partial charge in [0.2, 0.25) is 11.7 Å². The van der Waals surface area contributed by atoms with Gasteiger partial charge in [0.15, 0.2) is 6.04 Å². The second kappa shape index (κ2) is 8.89. The number of aromatic nitrogens is 4. The first-order chi connectivity index (χ1) is 12.3. The molecule has 2 atom stereocenters. The Morgan fingerprint density at radius 3 is 2.38 bits per heavy atom. The zero-order valence-corrected chi connectivity index (χ0v) is 16.3. The van der Waals surface area contributed by atoms with Crippen molar-refractivity contribution in [3.8, 4) is 11.4 Å². The van der Waals surface area contributed by atoms with E-state index in [1.807, 2.05) is 44.2 Å². The first kappa shape index (κ1) is 20.0. The minimum atomic E-state index is -0.486. The van der Waals surface area contributed by atoms with E-state index in [1.165, 1.54) is 4.80 Å². The minimum Gasteiger partial charge on any atom is -0.344 e. The second-order valence-electron chi connectivity index (χ2n) is 7.44. The molecule has 2 N–H and O–H groups in total. The highest BCUT2D eigenvalue weighted by Gasteiger charge is 2.30. The van der Waals surface area contributed by atoms with E-state index in [9.17, 15) is 4.79 Å². The van der Waals surface area contributed by atoms with Gasteiger partial charge in [-0.1, -0.05) is 58.0 Å². The van der Waals surface area contributed by atoms with Crippen LogP contribution in [0.2, 0.25) is 0 Å². The van der Waals surface area contributed by atoms with Crippen LogP contribution in [-0.4, -0.2) is 50.6 Å². The van der Waals surface area contributed by atoms with Gasteiger partial charge in [0, 0.05) is 25.2 Å². The molecule has 0 spiro atoms. The Morgan fingerprint density at radius 1 is 1.15 bits per heavy atom. The van der Waals surface area contributed by atoms with Crippen molar-refractivity contribution in [1.82, 2.24) is 25.1 Å². The number of hydrogen-bond donors (Lipinski definition) is 1. The number of likely N-dealkylation sites (N-methyl/N-ethyl adjacent to an activating group) is 1. The van der Waals surface area contributed by atoms with Crippen molar-refractivity contribution in [2.24, 2.45) is 17.6 Å². The maximum atomic E-state index is 13.0. The Morgan fingerprint density at radius 2 is 1.81 bits per heavy atom. The number of carbonyl (C=O) groups is 1. The van der Waals surface area contributed by atoms with Crippen molar-refractivity contribution in [1.29, 1.82) is 0 Å². The monoisotopic (exact) mass is 358 g/mol. The molecule has 7 nitrogen and oxygen atoms in total. The van der Waals surface area contributed by atoms with Crippen LogP contribution in [0.5, 0.6) is 0 Å². The average Bonchev–Trinajstić information content (AvgIpc) is 3.09. The van der Waals surface area contributed by atoms with Crippen LogP contribution >= 0.6 is 0 Å². The summed E-state index contributed by atoms with van der Waals surface area (Å²) in [6.07, 6.45) is 0.769. The van der Waals surface area contributed by atoms with Gasteiger partial charge in [-0.25, -0.2) is 0 Å². The Bertz CT molecular complexity index is 697. The van der Waals surface area contributed by atoms with Gasteiger partial charge < -0.3 is 10.6 Å². The largest absolute Gasteiger partial charge is 0.344 e. The van der Waals surface area contributed by atoms with E-state index < -0.39 is 6.04 Å². The Balaban J connectivity index is 2.13. The van der Waals surface area contributed by atoms with Gasteiger partial charge in [0.05, 0.1) is 0 Å². The molecule has 0 radical (unpaired) electrons. The lowest BCUT2D eigenvalue weighted by Crippen LogP contribution is -2.40. The SMILES string of the molecule is CC(C)C(N)CCN(C)C(=O)C(C(C)C)n1nnc(-c2ccccc2)n1. The summed E-state index contributed by atoms with van der Waals surface area (Å²) in [5, 5.41) is 12.7. The van der Waals surface area contributed by atoms with Gasteiger partial charge in [-0.3, -0.25) is 4.79 Å². The number of carbonyl (C=O) groups excluding carboxylic acids is 1. The standard InChI is InChI=1S/C19H30N6O/c1-13(2)16(20)11-12-24(5)19(26)17(14(3)4)25-22-18(21-23-25)15-9-7-6-8-10-15/h6-10,13-14,16-17H,11-12,20H2,1-5H3. The highest BCUT2D eigenvalue weighted by atomic mass is 16.2. The molecule has 0 saturated heterocycles. The van der Waals surface area contributed by atoms with Crippen molar-refractivity contribution in [3.63, 3.8) is 0 Å². The van der Waals surface area contributed by atoms with E-state index in [0.717, 1.165) is 12.0 Å². The predicted octanol–water partition coefficient (Wildman–Crippen LogP) is 2.37. The first-order valence-electron chi connectivity index (χ1n) is 9.16. The molecule has 7 heteroatoms. The maximum absolute atomic E-state index is 13.0. The lowest BCUT2D eigenvalue weighted by atomic mass is 10.0. The van der Waals surface area contributed by atoms with Gasteiger partial charge in [0.25, 0.3) is 0 Å².